The minimum Gasteiger partial charge on any atom is -0.456 e. The molecule has 0 fully saturated rings. The number of rotatable bonds is 5. The summed E-state index contributed by atoms with van der Waals surface area (Å²) >= 11 is 0. The fourth-order valence-electron chi connectivity index (χ4n) is 7.63. The van der Waals surface area contributed by atoms with Gasteiger partial charge in [-0.2, -0.15) is 0 Å². The molecule has 8 aromatic carbocycles. The van der Waals surface area contributed by atoms with Crippen molar-refractivity contribution in [3.05, 3.63) is 170 Å². The van der Waals surface area contributed by atoms with Crippen molar-refractivity contribution in [2.24, 2.45) is 0 Å². The molecular formula is C47H28N2O3. The largest absolute Gasteiger partial charge is 0.456 e. The summed E-state index contributed by atoms with van der Waals surface area (Å²) in [6.45, 7) is 0. The predicted molar refractivity (Wildman–Crippen MR) is 212 cm³/mol. The molecule has 0 aliphatic rings. The molecule has 0 saturated heterocycles. The van der Waals surface area contributed by atoms with Gasteiger partial charge in [-0.15, -0.1) is 0 Å². The van der Waals surface area contributed by atoms with Crippen LogP contribution >= 0.6 is 0 Å². The van der Waals surface area contributed by atoms with Crippen molar-refractivity contribution in [1.29, 1.82) is 0 Å². The molecular weight excluding hydrogens is 641 g/mol. The Morgan fingerprint density at radius 2 is 1.12 bits per heavy atom. The first-order valence-corrected chi connectivity index (χ1v) is 17.4. The molecule has 0 bridgehead atoms. The topological polar surface area (TPSA) is 55.6 Å². The maximum absolute atomic E-state index is 6.77. The van der Waals surface area contributed by atoms with Crippen LogP contribution in [-0.2, 0) is 0 Å². The van der Waals surface area contributed by atoms with Gasteiger partial charge in [0.05, 0.1) is 5.69 Å². The van der Waals surface area contributed by atoms with E-state index >= 15 is 0 Å². The van der Waals surface area contributed by atoms with Crippen molar-refractivity contribution < 1.29 is 13.3 Å². The molecule has 11 aromatic rings. The van der Waals surface area contributed by atoms with Crippen LogP contribution < -0.4 is 4.90 Å². The van der Waals surface area contributed by atoms with Crippen LogP contribution in [0.2, 0.25) is 0 Å². The first-order valence-electron chi connectivity index (χ1n) is 17.4. The van der Waals surface area contributed by atoms with Gasteiger partial charge in [0.15, 0.2) is 11.2 Å². The van der Waals surface area contributed by atoms with Gasteiger partial charge in [-0.05, 0) is 82.6 Å². The number of hydrogen-bond donors (Lipinski definition) is 0. The van der Waals surface area contributed by atoms with Gasteiger partial charge in [0.2, 0.25) is 5.89 Å². The quantitative estimate of drug-likeness (QED) is 0.183. The number of anilines is 3. The summed E-state index contributed by atoms with van der Waals surface area (Å²) in [5.41, 5.74) is 11.0. The van der Waals surface area contributed by atoms with Crippen LogP contribution in [0.15, 0.2) is 183 Å². The van der Waals surface area contributed by atoms with E-state index in [0.717, 1.165) is 83.2 Å². The van der Waals surface area contributed by atoms with E-state index in [0.29, 0.717) is 5.89 Å². The molecule has 0 amide bonds. The van der Waals surface area contributed by atoms with Crippen LogP contribution in [0.1, 0.15) is 0 Å². The van der Waals surface area contributed by atoms with Crippen LogP contribution in [0.5, 0.6) is 0 Å². The maximum Gasteiger partial charge on any atom is 0.227 e. The van der Waals surface area contributed by atoms with Crippen LogP contribution in [-0.4, -0.2) is 4.98 Å². The van der Waals surface area contributed by atoms with Crippen molar-refractivity contribution in [2.45, 2.75) is 0 Å². The summed E-state index contributed by atoms with van der Waals surface area (Å²) in [7, 11) is 0. The number of benzene rings is 8. The molecule has 52 heavy (non-hydrogen) atoms. The monoisotopic (exact) mass is 668 g/mol. The van der Waals surface area contributed by atoms with E-state index in [4.69, 9.17) is 18.2 Å². The molecule has 0 spiro atoms. The lowest BCUT2D eigenvalue weighted by Gasteiger charge is -2.26. The summed E-state index contributed by atoms with van der Waals surface area (Å²) in [5.74, 6) is 0.591. The average molecular weight is 669 g/mol. The lowest BCUT2D eigenvalue weighted by molar-refractivity contribution is 0.620. The van der Waals surface area contributed by atoms with E-state index < -0.39 is 0 Å². The molecule has 244 valence electrons. The zero-order valence-electron chi connectivity index (χ0n) is 27.8. The highest BCUT2D eigenvalue weighted by molar-refractivity contribution is 6.13. The van der Waals surface area contributed by atoms with E-state index in [1.54, 1.807) is 0 Å². The molecule has 11 rings (SSSR count). The van der Waals surface area contributed by atoms with Crippen molar-refractivity contribution in [3.8, 4) is 22.6 Å². The molecule has 3 heterocycles. The van der Waals surface area contributed by atoms with Gasteiger partial charge in [0.25, 0.3) is 0 Å². The Morgan fingerprint density at radius 3 is 2.02 bits per heavy atom. The SMILES string of the molecule is c1ccc(-c2nc3cc4oc5c(N(c6ccc(-c7cccc8ccccc78)cc6)c6ccc7oc8ccccc8c7c6)cccc5c4cc3o2)cc1. The first-order chi connectivity index (χ1) is 25.7. The Bertz CT molecular complexity index is 3130. The zero-order chi connectivity index (χ0) is 34.2. The Hall–Kier alpha value is -7.11. The molecule has 0 radical (unpaired) electrons. The molecule has 0 saturated carbocycles. The van der Waals surface area contributed by atoms with Crippen LogP contribution in [0.3, 0.4) is 0 Å². The minimum atomic E-state index is 0.591. The number of fused-ring (bicyclic) bond motifs is 8. The van der Waals surface area contributed by atoms with Gasteiger partial charge in [-0.1, -0.05) is 103 Å². The fraction of sp³-hybridized carbons (Fsp3) is 0. The lowest BCUT2D eigenvalue weighted by atomic mass is 9.98. The molecule has 0 atom stereocenters. The number of aromatic nitrogens is 1. The second-order valence-electron chi connectivity index (χ2n) is 13.1. The number of hydrogen-bond acceptors (Lipinski definition) is 5. The third kappa shape index (κ3) is 4.46. The molecule has 0 aliphatic carbocycles. The van der Waals surface area contributed by atoms with Gasteiger partial charge in [0, 0.05) is 44.5 Å². The Labute approximate surface area is 297 Å². The smallest absolute Gasteiger partial charge is 0.227 e. The highest BCUT2D eigenvalue weighted by Gasteiger charge is 2.22. The highest BCUT2D eigenvalue weighted by atomic mass is 16.4. The molecule has 5 nitrogen and oxygen atoms in total. The number of para-hydroxylation sites is 2. The van der Waals surface area contributed by atoms with Gasteiger partial charge in [-0.25, -0.2) is 4.98 Å². The predicted octanol–water partition coefficient (Wildman–Crippen LogP) is 13.6. The third-order valence-electron chi connectivity index (χ3n) is 10.1. The van der Waals surface area contributed by atoms with Crippen LogP contribution in [0.4, 0.5) is 17.1 Å². The molecule has 0 N–H and O–H groups in total. The summed E-state index contributed by atoms with van der Waals surface area (Å²) in [6.07, 6.45) is 0. The second-order valence-corrected chi connectivity index (χ2v) is 13.1. The second kappa shape index (κ2) is 11.2. The lowest BCUT2D eigenvalue weighted by Crippen LogP contribution is -2.10. The van der Waals surface area contributed by atoms with E-state index in [1.807, 2.05) is 54.6 Å². The van der Waals surface area contributed by atoms with Crippen molar-refractivity contribution in [1.82, 2.24) is 4.98 Å². The van der Waals surface area contributed by atoms with E-state index in [2.05, 4.69) is 120 Å². The zero-order valence-corrected chi connectivity index (χ0v) is 27.8. The Morgan fingerprint density at radius 1 is 0.404 bits per heavy atom. The summed E-state index contributed by atoms with van der Waals surface area (Å²) in [6, 6.07) is 58.7. The number of oxazole rings is 1. The fourth-order valence-corrected chi connectivity index (χ4v) is 7.63. The number of nitrogens with zero attached hydrogens (tertiary/aromatic N) is 2. The molecule has 5 heteroatoms. The summed E-state index contributed by atoms with van der Waals surface area (Å²) < 4.78 is 19.3. The molecule has 0 unspecified atom stereocenters. The molecule has 3 aromatic heterocycles. The standard InChI is InChI=1S/C47H28N2O3/c1-2-11-31(12-3-1)47-48-40-28-44-39(27-45(40)52-47)37-17-9-18-41(46(37)51-44)49(33-24-25-43-38(26-33)36-15-6-7-19-42(36)50-43)32-22-20-30(21-23-32)35-16-8-13-29-10-4-5-14-34(29)35/h1-28H. The van der Waals surface area contributed by atoms with Crippen molar-refractivity contribution in [3.63, 3.8) is 0 Å². The van der Waals surface area contributed by atoms with Crippen molar-refractivity contribution >= 4 is 82.8 Å². The average Bonchev–Trinajstić information content (AvgIpc) is 3.91. The Balaban J connectivity index is 1.10. The van der Waals surface area contributed by atoms with Crippen LogP contribution in [0.25, 0.3) is 88.3 Å². The summed E-state index contributed by atoms with van der Waals surface area (Å²) in [4.78, 5) is 7.08. The van der Waals surface area contributed by atoms with Crippen molar-refractivity contribution in [2.75, 3.05) is 4.90 Å². The van der Waals surface area contributed by atoms with Gasteiger partial charge >= 0.3 is 0 Å². The minimum absolute atomic E-state index is 0.591. The van der Waals surface area contributed by atoms with E-state index in [-0.39, 0.29) is 0 Å². The van der Waals surface area contributed by atoms with E-state index in [9.17, 15) is 0 Å². The highest BCUT2D eigenvalue weighted by Crippen LogP contribution is 2.45. The number of furan rings is 2. The Kier molecular flexibility index (Phi) is 6.18. The third-order valence-corrected chi connectivity index (χ3v) is 10.1. The molecule has 0 aliphatic heterocycles. The van der Waals surface area contributed by atoms with Gasteiger partial charge < -0.3 is 18.2 Å². The summed E-state index contributed by atoms with van der Waals surface area (Å²) in [5, 5.41) is 6.57. The van der Waals surface area contributed by atoms with Gasteiger partial charge in [0.1, 0.15) is 22.3 Å². The first kappa shape index (κ1) is 28.7. The van der Waals surface area contributed by atoms with E-state index in [1.165, 1.54) is 16.3 Å². The maximum atomic E-state index is 6.77. The van der Waals surface area contributed by atoms with Crippen LogP contribution in [0, 0.1) is 0 Å². The normalized spacial score (nSPS) is 11.8. The van der Waals surface area contributed by atoms with Gasteiger partial charge in [-0.3, -0.25) is 0 Å².